The number of carbonyl (C=O) groups is 1. The van der Waals surface area contributed by atoms with Gasteiger partial charge in [0.1, 0.15) is 0 Å². The van der Waals surface area contributed by atoms with Crippen LogP contribution >= 0.6 is 0 Å². The molecular weight excluding hydrogens is 312 g/mol. The van der Waals surface area contributed by atoms with Gasteiger partial charge < -0.3 is 9.64 Å². The van der Waals surface area contributed by atoms with Crippen LogP contribution in [0.25, 0.3) is 0 Å². The van der Waals surface area contributed by atoms with Crippen molar-refractivity contribution < 1.29 is 9.53 Å². The highest BCUT2D eigenvalue weighted by molar-refractivity contribution is 5.80. The second kappa shape index (κ2) is 5.10. The van der Waals surface area contributed by atoms with E-state index in [1.54, 1.807) is 7.11 Å². The molecule has 4 aliphatic rings. The molecule has 1 aliphatic carbocycles. The number of anilines is 1. The predicted octanol–water partition coefficient (Wildman–Crippen LogP) is 2.59. The van der Waals surface area contributed by atoms with Crippen LogP contribution in [0.15, 0.2) is 35.9 Å². The molecule has 0 spiro atoms. The van der Waals surface area contributed by atoms with Gasteiger partial charge in [-0.05, 0) is 43.9 Å². The highest BCUT2D eigenvalue weighted by atomic mass is 16.5. The molecule has 0 N–H and O–H groups in total. The van der Waals surface area contributed by atoms with Crippen LogP contribution in [0.3, 0.4) is 0 Å². The van der Waals surface area contributed by atoms with Gasteiger partial charge in [0.05, 0.1) is 19.1 Å². The summed E-state index contributed by atoms with van der Waals surface area (Å²) in [5, 5.41) is 0. The molecule has 0 amide bonds. The lowest BCUT2D eigenvalue weighted by atomic mass is 9.50. The largest absolute Gasteiger partial charge is 0.469 e. The minimum Gasteiger partial charge on any atom is -0.469 e. The predicted molar refractivity (Wildman–Crippen MR) is 97.7 cm³/mol. The molecule has 5 atom stereocenters. The molecular formula is C21H26N2O2. The quantitative estimate of drug-likeness (QED) is 0.582. The molecule has 2 saturated heterocycles. The Bertz CT molecular complexity index is 773. The van der Waals surface area contributed by atoms with Crippen LogP contribution in [0.4, 0.5) is 5.69 Å². The first-order valence-corrected chi connectivity index (χ1v) is 9.42. The number of methoxy groups -OCH3 is 1. The topological polar surface area (TPSA) is 32.8 Å². The van der Waals surface area contributed by atoms with Crippen molar-refractivity contribution in [1.29, 1.82) is 0 Å². The van der Waals surface area contributed by atoms with Gasteiger partial charge in [0.15, 0.2) is 0 Å². The number of esters is 1. The number of allylic oxidation sites excluding steroid dienone is 1. The number of hydrogen-bond donors (Lipinski definition) is 0. The van der Waals surface area contributed by atoms with Gasteiger partial charge >= 0.3 is 5.97 Å². The van der Waals surface area contributed by atoms with E-state index in [1.807, 2.05) is 0 Å². The van der Waals surface area contributed by atoms with Gasteiger partial charge in [-0.1, -0.05) is 29.8 Å². The maximum atomic E-state index is 13.1. The molecule has 3 bridgehead atoms. The van der Waals surface area contributed by atoms with E-state index in [1.165, 1.54) is 16.8 Å². The summed E-state index contributed by atoms with van der Waals surface area (Å²) in [6.45, 7) is 4.20. The van der Waals surface area contributed by atoms with Crippen molar-refractivity contribution in [1.82, 2.24) is 4.90 Å². The summed E-state index contributed by atoms with van der Waals surface area (Å²) in [6.07, 6.45) is 4.36. The molecule has 3 heterocycles. The van der Waals surface area contributed by atoms with Crippen LogP contribution in [-0.2, 0) is 14.9 Å². The highest BCUT2D eigenvalue weighted by Gasteiger charge is 2.68. The van der Waals surface area contributed by atoms with Crippen LogP contribution in [0, 0.1) is 11.8 Å². The summed E-state index contributed by atoms with van der Waals surface area (Å²) < 4.78 is 5.38. The molecule has 1 saturated carbocycles. The van der Waals surface area contributed by atoms with Crippen molar-refractivity contribution >= 4 is 11.7 Å². The first kappa shape index (κ1) is 15.4. The SMILES string of the molecule is C/C=C1/CN2CCC34c5ccccc5N(C)C3C2CC1C4C(=O)OC. The fraction of sp³-hybridized carbons (Fsp3) is 0.571. The number of nitrogens with zero attached hydrogens (tertiary/aromatic N) is 2. The van der Waals surface area contributed by atoms with Crippen LogP contribution in [0.2, 0.25) is 0 Å². The van der Waals surface area contributed by atoms with Crippen molar-refractivity contribution in [3.63, 3.8) is 0 Å². The van der Waals surface area contributed by atoms with Gasteiger partial charge in [0.25, 0.3) is 0 Å². The fourth-order valence-corrected chi connectivity index (χ4v) is 6.67. The van der Waals surface area contributed by atoms with E-state index < -0.39 is 0 Å². The molecule has 1 aromatic carbocycles. The molecule has 4 heteroatoms. The van der Waals surface area contributed by atoms with Crippen LogP contribution in [0.5, 0.6) is 0 Å². The van der Waals surface area contributed by atoms with E-state index >= 15 is 0 Å². The lowest BCUT2D eigenvalue weighted by Gasteiger charge is -2.63. The van der Waals surface area contributed by atoms with Crippen LogP contribution in [-0.4, -0.2) is 50.2 Å². The third-order valence-corrected chi connectivity index (χ3v) is 7.52. The monoisotopic (exact) mass is 338 g/mol. The van der Waals surface area contributed by atoms with Gasteiger partial charge in [0.2, 0.25) is 0 Å². The van der Waals surface area contributed by atoms with Crippen LogP contribution in [0.1, 0.15) is 25.3 Å². The zero-order valence-corrected chi connectivity index (χ0v) is 15.2. The Kier molecular flexibility index (Phi) is 3.15. The van der Waals surface area contributed by atoms with E-state index in [9.17, 15) is 4.79 Å². The fourth-order valence-electron chi connectivity index (χ4n) is 6.67. The van der Waals surface area contributed by atoms with E-state index in [-0.39, 0.29) is 17.3 Å². The van der Waals surface area contributed by atoms with Gasteiger partial charge in [-0.25, -0.2) is 0 Å². The zero-order valence-electron chi connectivity index (χ0n) is 15.2. The molecule has 25 heavy (non-hydrogen) atoms. The van der Waals surface area contributed by atoms with Crippen LogP contribution < -0.4 is 4.90 Å². The summed E-state index contributed by atoms with van der Waals surface area (Å²) in [7, 11) is 3.77. The lowest BCUT2D eigenvalue weighted by molar-refractivity contribution is -0.158. The minimum absolute atomic E-state index is 0.0201. The van der Waals surface area contributed by atoms with E-state index in [0.29, 0.717) is 18.0 Å². The summed E-state index contributed by atoms with van der Waals surface area (Å²) >= 11 is 0. The number of benzene rings is 1. The minimum atomic E-state index is -0.114. The standard InChI is InChI=1S/C21H26N2O2/c1-4-13-12-23-10-9-21-15-7-5-6-8-16(15)22(2)19(21)17(23)11-14(13)18(21)20(24)25-3/h4-8,14,17-19H,9-12H2,1-3H3/b13-4-. The van der Waals surface area contributed by atoms with E-state index in [2.05, 4.69) is 54.1 Å². The number of likely N-dealkylation sites (N-methyl/N-ethyl adjacent to an activating group) is 1. The van der Waals surface area contributed by atoms with Gasteiger partial charge in [0, 0.05) is 30.7 Å². The number of hydrogen-bond acceptors (Lipinski definition) is 4. The summed E-state index contributed by atoms with van der Waals surface area (Å²) in [5.41, 5.74) is 3.98. The second-order valence-corrected chi connectivity index (χ2v) is 8.11. The molecule has 3 aliphatic heterocycles. The summed E-state index contributed by atoms with van der Waals surface area (Å²) in [4.78, 5) is 18.2. The molecule has 1 aromatic rings. The molecule has 5 rings (SSSR count). The maximum Gasteiger partial charge on any atom is 0.310 e. The Morgan fingerprint density at radius 2 is 2.16 bits per heavy atom. The maximum absolute atomic E-state index is 13.1. The normalized spacial score (nSPS) is 40.1. The third-order valence-electron chi connectivity index (χ3n) is 7.52. The third kappa shape index (κ3) is 1.69. The Morgan fingerprint density at radius 3 is 2.92 bits per heavy atom. The molecule has 4 nitrogen and oxygen atoms in total. The number of piperidine rings is 2. The second-order valence-electron chi connectivity index (χ2n) is 8.11. The number of rotatable bonds is 1. The molecule has 132 valence electrons. The van der Waals surface area contributed by atoms with E-state index in [4.69, 9.17) is 4.74 Å². The Morgan fingerprint density at radius 1 is 1.36 bits per heavy atom. The van der Waals surface area contributed by atoms with Crippen molar-refractivity contribution in [2.24, 2.45) is 11.8 Å². The average Bonchev–Trinajstić information content (AvgIpc) is 2.91. The number of fused-ring (bicyclic) bond motifs is 2. The summed E-state index contributed by atoms with van der Waals surface area (Å²) in [6, 6.07) is 9.63. The Hall–Kier alpha value is -1.81. The molecule has 0 aromatic heterocycles. The van der Waals surface area contributed by atoms with E-state index in [0.717, 1.165) is 25.9 Å². The van der Waals surface area contributed by atoms with Crippen molar-refractivity contribution in [3.05, 3.63) is 41.5 Å². The highest BCUT2D eigenvalue weighted by Crippen LogP contribution is 2.63. The number of ether oxygens (including phenoxy) is 1. The van der Waals surface area contributed by atoms with Gasteiger partial charge in [-0.3, -0.25) is 9.69 Å². The first-order chi connectivity index (χ1) is 12.1. The van der Waals surface area contributed by atoms with Crippen molar-refractivity contribution in [3.8, 4) is 0 Å². The smallest absolute Gasteiger partial charge is 0.310 e. The van der Waals surface area contributed by atoms with Gasteiger partial charge in [-0.2, -0.15) is 0 Å². The number of carbonyl (C=O) groups excluding carboxylic acids is 1. The Balaban J connectivity index is 1.78. The van der Waals surface area contributed by atoms with Crippen molar-refractivity contribution in [2.75, 3.05) is 32.1 Å². The number of para-hydroxylation sites is 1. The lowest BCUT2D eigenvalue weighted by Crippen LogP contribution is -2.72. The molecule has 3 fully saturated rings. The van der Waals surface area contributed by atoms with Gasteiger partial charge in [-0.15, -0.1) is 0 Å². The average molecular weight is 338 g/mol. The molecule has 0 radical (unpaired) electrons. The zero-order chi connectivity index (χ0) is 17.3. The Labute approximate surface area is 149 Å². The van der Waals surface area contributed by atoms with Crippen molar-refractivity contribution in [2.45, 2.75) is 37.3 Å². The first-order valence-electron chi connectivity index (χ1n) is 9.42. The summed E-state index contributed by atoms with van der Waals surface area (Å²) in [5.74, 6) is 0.224. The molecule has 5 unspecified atom stereocenters.